The average molecular weight is 340 g/mol. The first kappa shape index (κ1) is 15.1. The van der Waals surface area contributed by atoms with Crippen LogP contribution in [0.25, 0.3) is 11.2 Å². The zero-order chi connectivity index (χ0) is 16.4. The highest BCUT2D eigenvalue weighted by atomic mass is 32.2. The lowest BCUT2D eigenvalue weighted by Gasteiger charge is -2.24. The predicted molar refractivity (Wildman–Crippen MR) is 91.2 cm³/mol. The molecule has 1 aliphatic heterocycles. The molecule has 2 N–H and O–H groups in total. The van der Waals surface area contributed by atoms with Gasteiger partial charge in [-0.05, 0) is 5.56 Å². The van der Waals surface area contributed by atoms with Gasteiger partial charge in [0.2, 0.25) is 5.91 Å². The van der Waals surface area contributed by atoms with Crippen LogP contribution in [0.15, 0.2) is 48.0 Å². The quantitative estimate of drug-likeness (QED) is 0.539. The number of aromatic nitrogens is 4. The van der Waals surface area contributed by atoms with Gasteiger partial charge in [-0.15, -0.1) is 11.8 Å². The molecule has 1 aromatic carbocycles. The van der Waals surface area contributed by atoms with Crippen molar-refractivity contribution in [2.75, 3.05) is 12.3 Å². The lowest BCUT2D eigenvalue weighted by atomic mass is 10.2. The maximum atomic E-state index is 12.2. The van der Waals surface area contributed by atoms with Gasteiger partial charge in [-0.3, -0.25) is 10.1 Å². The van der Waals surface area contributed by atoms with E-state index in [1.165, 1.54) is 6.33 Å². The molecule has 1 saturated heterocycles. The normalized spacial score (nSPS) is 17.8. The summed E-state index contributed by atoms with van der Waals surface area (Å²) in [6.07, 6.45) is 3.11. The molecule has 122 valence electrons. The van der Waals surface area contributed by atoms with E-state index in [0.717, 1.165) is 16.1 Å². The molecular formula is C16H16N6OS. The lowest BCUT2D eigenvalue weighted by molar-refractivity contribution is -0.128. The molecule has 1 amide bonds. The fourth-order valence-corrected chi connectivity index (χ4v) is 3.76. The number of H-pyrrole nitrogens is 1. The molecule has 24 heavy (non-hydrogen) atoms. The number of carbonyl (C=O) groups is 1. The van der Waals surface area contributed by atoms with E-state index < -0.39 is 0 Å². The van der Waals surface area contributed by atoms with Crippen molar-refractivity contribution in [1.82, 2.24) is 30.2 Å². The summed E-state index contributed by atoms with van der Waals surface area (Å²) in [6, 6.07) is 10.0. The minimum atomic E-state index is -0.0179. The first-order valence-corrected chi connectivity index (χ1v) is 8.63. The van der Waals surface area contributed by atoms with Crippen molar-refractivity contribution in [3.05, 3.63) is 48.5 Å². The van der Waals surface area contributed by atoms with E-state index in [4.69, 9.17) is 0 Å². The molecule has 0 spiro atoms. The van der Waals surface area contributed by atoms with Crippen LogP contribution < -0.4 is 5.32 Å². The summed E-state index contributed by atoms with van der Waals surface area (Å²) in [4.78, 5) is 29.7. The van der Waals surface area contributed by atoms with E-state index in [0.29, 0.717) is 24.5 Å². The van der Waals surface area contributed by atoms with Gasteiger partial charge in [-0.2, -0.15) is 0 Å². The van der Waals surface area contributed by atoms with E-state index in [1.54, 1.807) is 18.1 Å². The van der Waals surface area contributed by atoms with E-state index in [2.05, 4.69) is 25.3 Å². The van der Waals surface area contributed by atoms with Crippen LogP contribution in [0.2, 0.25) is 0 Å². The minimum Gasteiger partial charge on any atom is -0.341 e. The summed E-state index contributed by atoms with van der Waals surface area (Å²) in [6.45, 7) is 0.989. The van der Waals surface area contributed by atoms with Crippen molar-refractivity contribution < 1.29 is 4.79 Å². The molecule has 0 aliphatic carbocycles. The molecule has 3 aromatic rings. The Kier molecular flexibility index (Phi) is 4.14. The van der Waals surface area contributed by atoms with Crippen molar-refractivity contribution in [3.8, 4) is 0 Å². The first-order valence-electron chi connectivity index (χ1n) is 7.65. The summed E-state index contributed by atoms with van der Waals surface area (Å²) < 4.78 is 0. The number of amides is 1. The van der Waals surface area contributed by atoms with Crippen LogP contribution in [-0.4, -0.2) is 49.2 Å². The van der Waals surface area contributed by atoms with E-state index >= 15 is 0 Å². The fourth-order valence-electron chi connectivity index (χ4n) is 2.73. The van der Waals surface area contributed by atoms with Gasteiger partial charge in [-0.1, -0.05) is 30.3 Å². The molecule has 0 bridgehead atoms. The Balaban J connectivity index is 1.47. The van der Waals surface area contributed by atoms with Gasteiger partial charge < -0.3 is 9.88 Å². The van der Waals surface area contributed by atoms with Crippen LogP contribution in [0.1, 0.15) is 5.56 Å². The molecule has 3 heterocycles. The van der Waals surface area contributed by atoms with Crippen LogP contribution in [-0.2, 0) is 11.3 Å². The van der Waals surface area contributed by atoms with Gasteiger partial charge in [0.15, 0.2) is 5.65 Å². The molecule has 0 radical (unpaired) electrons. The number of nitrogens with zero attached hydrogens (tertiary/aromatic N) is 4. The van der Waals surface area contributed by atoms with Gasteiger partial charge in [0.05, 0.1) is 19.0 Å². The zero-order valence-corrected chi connectivity index (χ0v) is 13.7. The highest BCUT2D eigenvalue weighted by molar-refractivity contribution is 7.99. The molecule has 1 unspecified atom stereocenters. The van der Waals surface area contributed by atoms with Gasteiger partial charge in [0.25, 0.3) is 0 Å². The fraction of sp³-hybridized carbons (Fsp3) is 0.250. The first-order chi connectivity index (χ1) is 11.8. The summed E-state index contributed by atoms with van der Waals surface area (Å²) in [5, 5.41) is 4.12. The Morgan fingerprint density at radius 1 is 1.21 bits per heavy atom. The molecule has 0 saturated carbocycles. The number of hydrogen-bond acceptors (Lipinski definition) is 6. The number of rotatable bonds is 5. The van der Waals surface area contributed by atoms with Gasteiger partial charge in [-0.25, -0.2) is 15.0 Å². The topological polar surface area (TPSA) is 86.8 Å². The third kappa shape index (κ3) is 2.98. The molecule has 2 aromatic heterocycles. The van der Waals surface area contributed by atoms with Crippen molar-refractivity contribution in [3.63, 3.8) is 0 Å². The van der Waals surface area contributed by atoms with Crippen molar-refractivity contribution in [1.29, 1.82) is 0 Å². The Morgan fingerprint density at radius 2 is 2.08 bits per heavy atom. The number of carbonyl (C=O) groups excluding carboxylic acids is 1. The molecule has 1 fully saturated rings. The summed E-state index contributed by atoms with van der Waals surface area (Å²) >= 11 is 1.59. The molecule has 7 nitrogen and oxygen atoms in total. The molecule has 4 rings (SSSR count). The monoisotopic (exact) mass is 340 g/mol. The van der Waals surface area contributed by atoms with Crippen LogP contribution in [0.4, 0.5) is 0 Å². The summed E-state index contributed by atoms with van der Waals surface area (Å²) in [7, 11) is 0. The van der Waals surface area contributed by atoms with Crippen LogP contribution in [0.3, 0.4) is 0 Å². The Labute approximate surface area is 142 Å². The number of aromatic amines is 1. The molecular weight excluding hydrogens is 324 g/mol. The highest BCUT2D eigenvalue weighted by Gasteiger charge is 2.30. The van der Waals surface area contributed by atoms with E-state index in [-0.39, 0.29) is 12.1 Å². The van der Waals surface area contributed by atoms with Crippen LogP contribution in [0.5, 0.6) is 0 Å². The highest BCUT2D eigenvalue weighted by Crippen LogP contribution is 2.24. The largest absolute Gasteiger partial charge is 0.341 e. The number of hydrogen-bond donors (Lipinski definition) is 2. The number of nitrogens with one attached hydrogen (secondary N) is 2. The second-order valence-electron chi connectivity index (χ2n) is 5.49. The molecule has 1 aliphatic rings. The Hall–Kier alpha value is -2.45. The number of fused-ring (bicyclic) bond motifs is 1. The van der Waals surface area contributed by atoms with E-state index in [9.17, 15) is 4.79 Å². The number of benzene rings is 1. The predicted octanol–water partition coefficient (Wildman–Crippen LogP) is 1.40. The van der Waals surface area contributed by atoms with Gasteiger partial charge in [0, 0.05) is 12.3 Å². The maximum absolute atomic E-state index is 12.2. The maximum Gasteiger partial charge on any atom is 0.238 e. The Morgan fingerprint density at radius 3 is 2.96 bits per heavy atom. The van der Waals surface area contributed by atoms with Crippen molar-refractivity contribution in [2.45, 2.75) is 17.7 Å². The van der Waals surface area contributed by atoms with Crippen molar-refractivity contribution in [2.24, 2.45) is 0 Å². The number of thioether (sulfide) groups is 1. The average Bonchev–Trinajstić information content (AvgIpc) is 3.22. The molecule has 1 atom stereocenters. The second kappa shape index (κ2) is 6.58. The standard InChI is InChI=1S/C16H16N6OS/c23-13-6-17-12(22(13)7-11-4-2-1-3-5-11)8-24-16-14-15(19-9-18-14)20-10-21-16/h1-5,9-10,12,17H,6-8H2,(H,18,19,20,21). The van der Waals surface area contributed by atoms with E-state index in [1.807, 2.05) is 35.2 Å². The van der Waals surface area contributed by atoms with Gasteiger partial charge >= 0.3 is 0 Å². The number of imidazole rings is 1. The van der Waals surface area contributed by atoms with Crippen LogP contribution in [0, 0.1) is 0 Å². The zero-order valence-electron chi connectivity index (χ0n) is 12.8. The van der Waals surface area contributed by atoms with Crippen LogP contribution >= 0.6 is 11.8 Å². The third-order valence-electron chi connectivity index (χ3n) is 3.95. The Bertz CT molecular complexity index is 852. The third-order valence-corrected chi connectivity index (χ3v) is 5.01. The SMILES string of the molecule is O=C1CNC(CSc2ncnc3nc[nH]c23)N1Cc1ccccc1. The van der Waals surface area contributed by atoms with Crippen molar-refractivity contribution >= 4 is 28.8 Å². The molecule has 8 heteroatoms. The smallest absolute Gasteiger partial charge is 0.238 e. The summed E-state index contributed by atoms with van der Waals surface area (Å²) in [5.41, 5.74) is 2.62. The minimum absolute atomic E-state index is 0.0179. The summed E-state index contributed by atoms with van der Waals surface area (Å²) in [5.74, 6) is 0.836. The lowest BCUT2D eigenvalue weighted by Crippen LogP contribution is -2.38. The second-order valence-corrected chi connectivity index (χ2v) is 6.50. The van der Waals surface area contributed by atoms with Gasteiger partial charge in [0.1, 0.15) is 16.9 Å².